The molecule has 3 aromatic carbocycles. The van der Waals surface area contributed by atoms with Crippen LogP contribution >= 0.6 is 0 Å². The van der Waals surface area contributed by atoms with Crippen LogP contribution in [0.2, 0.25) is 0 Å². The number of furan rings is 1. The Bertz CT molecular complexity index is 1210. The summed E-state index contributed by atoms with van der Waals surface area (Å²) in [4.78, 5) is 25.5. The van der Waals surface area contributed by atoms with E-state index in [4.69, 9.17) is 9.15 Å². The quantitative estimate of drug-likeness (QED) is 0.486. The van der Waals surface area contributed by atoms with Crippen LogP contribution in [-0.4, -0.2) is 18.9 Å². The molecule has 2 amide bonds. The SMILES string of the molecule is COc1ccc(NC(=O)c2oc3ccccc3c2NC(=O)c2ccc(F)cc2)cc1. The lowest BCUT2D eigenvalue weighted by atomic mass is 10.1. The number of hydrogen-bond donors (Lipinski definition) is 2. The predicted molar refractivity (Wildman–Crippen MR) is 112 cm³/mol. The van der Waals surface area contributed by atoms with E-state index in [0.29, 0.717) is 22.4 Å². The zero-order chi connectivity index (χ0) is 21.1. The Labute approximate surface area is 171 Å². The number of amides is 2. The highest BCUT2D eigenvalue weighted by molar-refractivity contribution is 6.16. The third kappa shape index (κ3) is 3.86. The van der Waals surface area contributed by atoms with Gasteiger partial charge in [-0.25, -0.2) is 4.39 Å². The van der Waals surface area contributed by atoms with Crippen molar-refractivity contribution in [2.45, 2.75) is 0 Å². The number of carbonyl (C=O) groups is 2. The first-order valence-corrected chi connectivity index (χ1v) is 9.09. The number of methoxy groups -OCH3 is 1. The normalized spacial score (nSPS) is 10.6. The maximum atomic E-state index is 13.2. The second-order valence-electron chi connectivity index (χ2n) is 6.45. The van der Waals surface area contributed by atoms with Crippen molar-refractivity contribution in [2.75, 3.05) is 17.7 Å². The Morgan fingerprint density at radius 3 is 2.27 bits per heavy atom. The molecule has 0 saturated carbocycles. The lowest BCUT2D eigenvalue weighted by Gasteiger charge is -2.08. The van der Waals surface area contributed by atoms with Gasteiger partial charge in [0.1, 0.15) is 22.8 Å². The zero-order valence-corrected chi connectivity index (χ0v) is 15.9. The highest BCUT2D eigenvalue weighted by Crippen LogP contribution is 2.32. The maximum Gasteiger partial charge on any atom is 0.293 e. The molecule has 0 aliphatic carbocycles. The van der Waals surface area contributed by atoms with Crippen LogP contribution in [-0.2, 0) is 0 Å². The van der Waals surface area contributed by atoms with Gasteiger partial charge in [-0.05, 0) is 60.7 Å². The monoisotopic (exact) mass is 404 g/mol. The summed E-state index contributed by atoms with van der Waals surface area (Å²) in [5, 5.41) is 6.04. The number of rotatable bonds is 5. The van der Waals surface area contributed by atoms with E-state index in [9.17, 15) is 14.0 Å². The topological polar surface area (TPSA) is 80.6 Å². The summed E-state index contributed by atoms with van der Waals surface area (Å²) >= 11 is 0. The molecule has 2 N–H and O–H groups in total. The third-order valence-corrected chi connectivity index (χ3v) is 4.49. The number of nitrogens with one attached hydrogen (secondary N) is 2. The van der Waals surface area contributed by atoms with Gasteiger partial charge in [-0.1, -0.05) is 12.1 Å². The Hall–Kier alpha value is -4.13. The molecular weight excluding hydrogens is 387 g/mol. The summed E-state index contributed by atoms with van der Waals surface area (Å²) in [6.45, 7) is 0. The molecule has 30 heavy (non-hydrogen) atoms. The average molecular weight is 404 g/mol. The first kappa shape index (κ1) is 19.2. The van der Waals surface area contributed by atoms with E-state index in [0.717, 1.165) is 0 Å². The molecule has 0 aliphatic rings. The molecule has 0 aliphatic heterocycles. The third-order valence-electron chi connectivity index (χ3n) is 4.49. The van der Waals surface area contributed by atoms with Gasteiger partial charge in [-0.15, -0.1) is 0 Å². The second-order valence-corrected chi connectivity index (χ2v) is 6.45. The van der Waals surface area contributed by atoms with Crippen molar-refractivity contribution in [1.82, 2.24) is 0 Å². The molecular formula is C23H17FN2O4. The van der Waals surface area contributed by atoms with Crippen LogP contribution in [0.1, 0.15) is 20.9 Å². The number of hydrogen-bond acceptors (Lipinski definition) is 4. The van der Waals surface area contributed by atoms with Gasteiger partial charge < -0.3 is 19.8 Å². The van der Waals surface area contributed by atoms with Crippen LogP contribution in [0.15, 0.2) is 77.2 Å². The fraction of sp³-hybridized carbons (Fsp3) is 0.0435. The van der Waals surface area contributed by atoms with Crippen molar-refractivity contribution in [3.05, 3.63) is 89.9 Å². The van der Waals surface area contributed by atoms with E-state index < -0.39 is 17.6 Å². The largest absolute Gasteiger partial charge is 0.497 e. The molecule has 0 fully saturated rings. The van der Waals surface area contributed by atoms with Crippen molar-refractivity contribution >= 4 is 34.2 Å². The summed E-state index contributed by atoms with van der Waals surface area (Å²) in [5.74, 6) is -0.836. The minimum Gasteiger partial charge on any atom is -0.497 e. The molecule has 1 aromatic heterocycles. The van der Waals surface area contributed by atoms with Crippen molar-refractivity contribution in [2.24, 2.45) is 0 Å². The van der Waals surface area contributed by atoms with Crippen LogP contribution in [0.3, 0.4) is 0 Å². The van der Waals surface area contributed by atoms with Crippen LogP contribution < -0.4 is 15.4 Å². The van der Waals surface area contributed by atoms with Gasteiger partial charge in [0.2, 0.25) is 5.76 Å². The maximum absolute atomic E-state index is 13.2. The number of ether oxygens (including phenoxy) is 1. The van der Waals surface area contributed by atoms with E-state index in [-0.39, 0.29) is 17.0 Å². The summed E-state index contributed by atoms with van der Waals surface area (Å²) in [7, 11) is 1.55. The van der Waals surface area contributed by atoms with Crippen molar-refractivity contribution in [3.8, 4) is 5.75 Å². The summed E-state index contributed by atoms with van der Waals surface area (Å²) in [6.07, 6.45) is 0. The summed E-state index contributed by atoms with van der Waals surface area (Å²) < 4.78 is 24.0. The first-order valence-electron chi connectivity index (χ1n) is 9.09. The molecule has 0 unspecified atom stereocenters. The molecule has 1 heterocycles. The molecule has 0 spiro atoms. The van der Waals surface area contributed by atoms with Gasteiger partial charge in [0.15, 0.2) is 0 Å². The van der Waals surface area contributed by atoms with E-state index in [1.54, 1.807) is 55.6 Å². The number of anilines is 2. The predicted octanol–water partition coefficient (Wildman–Crippen LogP) is 5.09. The lowest BCUT2D eigenvalue weighted by Crippen LogP contribution is -2.17. The summed E-state index contributed by atoms with van der Waals surface area (Å²) in [5.41, 5.74) is 1.48. The van der Waals surface area contributed by atoms with Gasteiger partial charge in [-0.2, -0.15) is 0 Å². The Morgan fingerprint density at radius 1 is 0.867 bits per heavy atom. The number of halogens is 1. The van der Waals surface area contributed by atoms with Gasteiger partial charge >= 0.3 is 0 Å². The zero-order valence-electron chi connectivity index (χ0n) is 15.9. The standard InChI is InChI=1S/C23H17FN2O4/c1-29-17-12-10-16(11-13-17)25-23(28)21-20(18-4-2-3-5-19(18)30-21)26-22(27)14-6-8-15(24)9-7-14/h2-13H,1H3,(H,25,28)(H,26,27). The van der Waals surface area contributed by atoms with Crippen LogP contribution in [0.4, 0.5) is 15.8 Å². The molecule has 0 saturated heterocycles. The first-order chi connectivity index (χ1) is 14.5. The molecule has 4 rings (SSSR count). The fourth-order valence-corrected chi connectivity index (χ4v) is 2.98. The van der Waals surface area contributed by atoms with Crippen molar-refractivity contribution in [1.29, 1.82) is 0 Å². The molecule has 4 aromatic rings. The number of fused-ring (bicyclic) bond motifs is 1. The van der Waals surface area contributed by atoms with Crippen molar-refractivity contribution in [3.63, 3.8) is 0 Å². The van der Waals surface area contributed by atoms with Crippen LogP contribution in [0, 0.1) is 5.82 Å². The van der Waals surface area contributed by atoms with Gasteiger partial charge in [-0.3, -0.25) is 9.59 Å². The van der Waals surface area contributed by atoms with E-state index >= 15 is 0 Å². The number of para-hydroxylation sites is 1. The second kappa shape index (κ2) is 8.08. The molecule has 0 bridgehead atoms. The van der Waals surface area contributed by atoms with Gasteiger partial charge in [0.25, 0.3) is 11.8 Å². The molecule has 150 valence electrons. The van der Waals surface area contributed by atoms with E-state index in [2.05, 4.69) is 10.6 Å². The van der Waals surface area contributed by atoms with E-state index in [1.165, 1.54) is 24.3 Å². The highest BCUT2D eigenvalue weighted by atomic mass is 19.1. The minimum atomic E-state index is -0.522. The smallest absolute Gasteiger partial charge is 0.293 e. The molecule has 0 atom stereocenters. The Balaban J connectivity index is 1.66. The van der Waals surface area contributed by atoms with Crippen LogP contribution in [0.25, 0.3) is 11.0 Å². The van der Waals surface area contributed by atoms with Crippen LogP contribution in [0.5, 0.6) is 5.75 Å². The Morgan fingerprint density at radius 2 is 1.57 bits per heavy atom. The summed E-state index contributed by atoms with van der Waals surface area (Å²) in [6, 6.07) is 18.9. The molecule has 7 heteroatoms. The Kier molecular flexibility index (Phi) is 5.17. The highest BCUT2D eigenvalue weighted by Gasteiger charge is 2.23. The number of benzene rings is 3. The van der Waals surface area contributed by atoms with Gasteiger partial charge in [0.05, 0.1) is 7.11 Å². The minimum absolute atomic E-state index is 0.0394. The van der Waals surface area contributed by atoms with Crippen molar-refractivity contribution < 1.29 is 23.1 Å². The fourth-order valence-electron chi connectivity index (χ4n) is 2.98. The van der Waals surface area contributed by atoms with Gasteiger partial charge in [0, 0.05) is 16.6 Å². The number of carbonyl (C=O) groups excluding carboxylic acids is 2. The molecule has 0 radical (unpaired) electrons. The average Bonchev–Trinajstić information content (AvgIpc) is 3.13. The molecule has 6 nitrogen and oxygen atoms in total. The lowest BCUT2D eigenvalue weighted by molar-refractivity contribution is 0.0999. The van der Waals surface area contributed by atoms with E-state index in [1.807, 2.05) is 0 Å².